The summed E-state index contributed by atoms with van der Waals surface area (Å²) in [5.41, 5.74) is 5.67. The average molecular weight is 211 g/mol. The molecule has 1 amide bonds. The van der Waals surface area contributed by atoms with Gasteiger partial charge in [-0.15, -0.1) is 0 Å². The minimum absolute atomic E-state index is 0.110. The topological polar surface area (TPSA) is 58.7 Å². The number of amides is 1. The molecule has 1 fully saturated rings. The highest BCUT2D eigenvalue weighted by atomic mass is 16.2. The Morgan fingerprint density at radius 3 is 2.47 bits per heavy atom. The predicted molar refractivity (Wildman–Crippen MR) is 61.8 cm³/mol. The van der Waals surface area contributed by atoms with Gasteiger partial charge in [0, 0.05) is 19.0 Å². The van der Waals surface area contributed by atoms with Crippen LogP contribution in [0.5, 0.6) is 0 Å². The maximum Gasteiger partial charge on any atom is 0.244 e. The van der Waals surface area contributed by atoms with Crippen molar-refractivity contribution < 1.29 is 4.79 Å². The molecule has 0 bridgehead atoms. The molecule has 0 saturated carbocycles. The highest BCUT2D eigenvalue weighted by Crippen LogP contribution is 2.08. The van der Waals surface area contributed by atoms with Crippen LogP contribution in [0.2, 0.25) is 0 Å². The summed E-state index contributed by atoms with van der Waals surface area (Å²) in [5.74, 6) is 0.901. The van der Waals surface area contributed by atoms with Crippen LogP contribution in [-0.4, -0.2) is 36.3 Å². The van der Waals surface area contributed by atoms with E-state index in [0.29, 0.717) is 5.84 Å². The van der Waals surface area contributed by atoms with Crippen molar-refractivity contribution >= 4 is 11.7 Å². The Bertz CT molecular complexity index is 242. The molecule has 15 heavy (non-hydrogen) atoms. The molecule has 1 rings (SSSR count). The molecule has 0 unspecified atom stereocenters. The number of rotatable bonds is 3. The van der Waals surface area contributed by atoms with Crippen LogP contribution in [-0.2, 0) is 4.79 Å². The van der Waals surface area contributed by atoms with E-state index in [-0.39, 0.29) is 18.4 Å². The van der Waals surface area contributed by atoms with E-state index in [2.05, 4.69) is 4.99 Å². The number of nitrogens with two attached hydrogens (primary N) is 1. The quantitative estimate of drug-likeness (QED) is 0.559. The molecule has 0 aromatic carbocycles. The summed E-state index contributed by atoms with van der Waals surface area (Å²) in [7, 11) is 0. The molecule has 0 aromatic rings. The summed E-state index contributed by atoms with van der Waals surface area (Å²) < 4.78 is 0. The first-order valence-corrected chi connectivity index (χ1v) is 5.69. The van der Waals surface area contributed by atoms with E-state index in [1.165, 1.54) is 6.42 Å². The summed E-state index contributed by atoms with van der Waals surface area (Å²) in [6.07, 6.45) is 3.48. The second kappa shape index (κ2) is 5.73. The lowest BCUT2D eigenvalue weighted by Crippen LogP contribution is -2.37. The van der Waals surface area contributed by atoms with Crippen molar-refractivity contribution in [2.45, 2.75) is 33.1 Å². The van der Waals surface area contributed by atoms with Crippen LogP contribution in [0.1, 0.15) is 33.1 Å². The van der Waals surface area contributed by atoms with Crippen molar-refractivity contribution in [3.8, 4) is 0 Å². The van der Waals surface area contributed by atoms with Gasteiger partial charge in [0.15, 0.2) is 0 Å². The molecule has 0 aromatic heterocycles. The lowest BCUT2D eigenvalue weighted by molar-refractivity contribution is -0.130. The number of carbonyl (C=O) groups excluding carboxylic acids is 1. The third-order valence-corrected chi connectivity index (χ3v) is 2.70. The summed E-state index contributed by atoms with van der Waals surface area (Å²) in [4.78, 5) is 17.7. The van der Waals surface area contributed by atoms with E-state index < -0.39 is 0 Å². The van der Waals surface area contributed by atoms with Gasteiger partial charge in [0.25, 0.3) is 0 Å². The average Bonchev–Trinajstić information content (AvgIpc) is 2.26. The van der Waals surface area contributed by atoms with Crippen LogP contribution in [0.4, 0.5) is 0 Å². The van der Waals surface area contributed by atoms with Crippen molar-refractivity contribution in [3.63, 3.8) is 0 Å². The smallest absolute Gasteiger partial charge is 0.244 e. The summed E-state index contributed by atoms with van der Waals surface area (Å²) in [6.45, 7) is 5.93. The highest BCUT2D eigenvalue weighted by Gasteiger charge is 2.15. The first-order valence-electron chi connectivity index (χ1n) is 5.69. The zero-order valence-electron chi connectivity index (χ0n) is 9.70. The predicted octanol–water partition coefficient (Wildman–Crippen LogP) is 1.01. The fourth-order valence-electron chi connectivity index (χ4n) is 1.58. The Labute approximate surface area is 91.5 Å². The number of hydrogen-bond acceptors (Lipinski definition) is 2. The molecule has 1 aliphatic rings. The molecule has 0 radical (unpaired) electrons. The van der Waals surface area contributed by atoms with Crippen molar-refractivity contribution in [1.82, 2.24) is 4.90 Å². The normalized spacial score (nSPS) is 18.3. The molecule has 86 valence electrons. The van der Waals surface area contributed by atoms with E-state index in [0.717, 1.165) is 25.9 Å². The number of amidine groups is 1. The molecule has 2 N–H and O–H groups in total. The summed E-state index contributed by atoms with van der Waals surface area (Å²) >= 11 is 0. The monoisotopic (exact) mass is 211 g/mol. The van der Waals surface area contributed by atoms with Crippen LogP contribution in [0.15, 0.2) is 4.99 Å². The maximum absolute atomic E-state index is 11.7. The first kappa shape index (κ1) is 12.0. The van der Waals surface area contributed by atoms with Gasteiger partial charge in [-0.2, -0.15) is 0 Å². The second-order valence-corrected chi connectivity index (χ2v) is 4.34. The molecule has 0 atom stereocenters. The number of piperidine rings is 1. The largest absolute Gasteiger partial charge is 0.387 e. The maximum atomic E-state index is 11.7. The van der Waals surface area contributed by atoms with Gasteiger partial charge in [-0.05, 0) is 19.3 Å². The first-order chi connectivity index (χ1) is 7.11. The summed E-state index contributed by atoms with van der Waals surface area (Å²) in [6, 6.07) is 0. The SMILES string of the molecule is CC(C)C(N)=NCC(=O)N1CCCCC1. The second-order valence-electron chi connectivity index (χ2n) is 4.34. The molecule has 4 heteroatoms. The van der Waals surface area contributed by atoms with Crippen LogP contribution in [0, 0.1) is 5.92 Å². The molecule has 0 spiro atoms. The van der Waals surface area contributed by atoms with Crippen LogP contribution >= 0.6 is 0 Å². The van der Waals surface area contributed by atoms with E-state index in [4.69, 9.17) is 5.73 Å². The lowest BCUT2D eigenvalue weighted by Gasteiger charge is -2.26. The van der Waals surface area contributed by atoms with E-state index in [9.17, 15) is 4.79 Å². The molecule has 0 aliphatic carbocycles. The Morgan fingerprint density at radius 1 is 1.33 bits per heavy atom. The van der Waals surface area contributed by atoms with Gasteiger partial charge >= 0.3 is 0 Å². The Balaban J connectivity index is 2.37. The standard InChI is InChI=1S/C11H21N3O/c1-9(2)11(12)13-8-10(15)14-6-4-3-5-7-14/h9H,3-8H2,1-2H3,(H2,12,13). The van der Waals surface area contributed by atoms with Gasteiger partial charge in [0.1, 0.15) is 6.54 Å². The number of likely N-dealkylation sites (tertiary alicyclic amines) is 1. The van der Waals surface area contributed by atoms with Crippen molar-refractivity contribution in [2.75, 3.05) is 19.6 Å². The number of hydrogen-bond donors (Lipinski definition) is 1. The number of carbonyl (C=O) groups is 1. The molecule has 1 aliphatic heterocycles. The Morgan fingerprint density at radius 2 is 1.93 bits per heavy atom. The molecular weight excluding hydrogens is 190 g/mol. The molecule has 4 nitrogen and oxygen atoms in total. The van der Waals surface area contributed by atoms with Gasteiger partial charge in [-0.3, -0.25) is 9.79 Å². The van der Waals surface area contributed by atoms with Gasteiger partial charge < -0.3 is 10.6 Å². The summed E-state index contributed by atoms with van der Waals surface area (Å²) in [5, 5.41) is 0. The third kappa shape index (κ3) is 3.90. The van der Waals surface area contributed by atoms with E-state index >= 15 is 0 Å². The Hall–Kier alpha value is -1.06. The minimum Gasteiger partial charge on any atom is -0.387 e. The Kier molecular flexibility index (Phi) is 4.59. The van der Waals surface area contributed by atoms with Gasteiger partial charge in [-0.1, -0.05) is 13.8 Å². The van der Waals surface area contributed by atoms with Crippen LogP contribution in [0.25, 0.3) is 0 Å². The zero-order valence-corrected chi connectivity index (χ0v) is 9.70. The van der Waals surface area contributed by atoms with Crippen molar-refractivity contribution in [2.24, 2.45) is 16.6 Å². The van der Waals surface area contributed by atoms with E-state index in [1.54, 1.807) is 0 Å². The number of aliphatic imine (C=N–C) groups is 1. The van der Waals surface area contributed by atoms with Crippen molar-refractivity contribution in [1.29, 1.82) is 0 Å². The lowest BCUT2D eigenvalue weighted by atomic mass is 10.1. The minimum atomic E-state index is 0.110. The third-order valence-electron chi connectivity index (χ3n) is 2.70. The zero-order chi connectivity index (χ0) is 11.3. The van der Waals surface area contributed by atoms with Crippen LogP contribution < -0.4 is 5.73 Å². The molecule has 1 heterocycles. The van der Waals surface area contributed by atoms with Gasteiger partial charge in [-0.25, -0.2) is 0 Å². The molecule has 1 saturated heterocycles. The fraction of sp³-hybridized carbons (Fsp3) is 0.818. The van der Waals surface area contributed by atoms with Gasteiger partial charge in [0.2, 0.25) is 5.91 Å². The molecular formula is C11H21N3O. The van der Waals surface area contributed by atoms with Crippen LogP contribution in [0.3, 0.4) is 0 Å². The van der Waals surface area contributed by atoms with Crippen molar-refractivity contribution in [3.05, 3.63) is 0 Å². The highest BCUT2D eigenvalue weighted by molar-refractivity contribution is 5.86. The van der Waals surface area contributed by atoms with Gasteiger partial charge in [0.05, 0.1) is 5.84 Å². The fourth-order valence-corrected chi connectivity index (χ4v) is 1.58. The number of nitrogens with zero attached hydrogens (tertiary/aromatic N) is 2. The van der Waals surface area contributed by atoms with E-state index in [1.807, 2.05) is 18.7 Å².